The van der Waals surface area contributed by atoms with Crippen molar-refractivity contribution in [3.63, 3.8) is 0 Å². The average Bonchev–Trinajstić information content (AvgIpc) is 3.12. The first-order valence-electron chi connectivity index (χ1n) is 6.92. The highest BCUT2D eigenvalue weighted by molar-refractivity contribution is 7.15. The van der Waals surface area contributed by atoms with Gasteiger partial charge in [0.05, 0.1) is 0 Å². The molecule has 8 heteroatoms. The molecule has 1 aliphatic heterocycles. The van der Waals surface area contributed by atoms with Gasteiger partial charge in [-0.2, -0.15) is 13.2 Å². The fraction of sp³-hybridized carbons (Fsp3) is 0.833. The van der Waals surface area contributed by atoms with Crippen molar-refractivity contribution in [2.75, 3.05) is 24.5 Å². The van der Waals surface area contributed by atoms with Gasteiger partial charge in [0.15, 0.2) is 0 Å². The van der Waals surface area contributed by atoms with Crippen LogP contribution in [0.3, 0.4) is 0 Å². The lowest BCUT2D eigenvalue weighted by Crippen LogP contribution is -2.39. The van der Waals surface area contributed by atoms with Crippen molar-refractivity contribution in [2.45, 2.75) is 37.9 Å². The molecule has 2 fully saturated rings. The smallest absolute Gasteiger partial charge is 0.343 e. The minimum Gasteiger partial charge on any atom is -0.343 e. The van der Waals surface area contributed by atoms with Gasteiger partial charge in [0.25, 0.3) is 0 Å². The Balaban J connectivity index is 1.71. The standard InChI is InChI=1S/C12H17F3N4S/c13-12(14,15)10-17-18-11(20-10)19(9-3-4-9)7-8-2-1-5-16-6-8/h8-9,16H,1-7H2. The van der Waals surface area contributed by atoms with Crippen molar-refractivity contribution >= 4 is 16.5 Å². The fourth-order valence-electron chi connectivity index (χ4n) is 2.57. The molecule has 1 N–H and O–H groups in total. The van der Waals surface area contributed by atoms with E-state index in [1.807, 2.05) is 4.90 Å². The van der Waals surface area contributed by atoms with Crippen molar-refractivity contribution in [1.82, 2.24) is 15.5 Å². The van der Waals surface area contributed by atoms with Crippen molar-refractivity contribution in [3.05, 3.63) is 5.01 Å². The number of rotatable bonds is 4. The van der Waals surface area contributed by atoms with Gasteiger partial charge >= 0.3 is 6.18 Å². The lowest BCUT2D eigenvalue weighted by molar-refractivity contribution is -0.138. The van der Waals surface area contributed by atoms with E-state index in [9.17, 15) is 13.2 Å². The first-order chi connectivity index (χ1) is 9.54. The fourth-order valence-corrected chi connectivity index (χ4v) is 3.37. The van der Waals surface area contributed by atoms with Gasteiger partial charge in [0.1, 0.15) is 0 Å². The molecule has 0 spiro atoms. The highest BCUT2D eigenvalue weighted by atomic mass is 32.1. The number of alkyl halides is 3. The molecule has 112 valence electrons. The van der Waals surface area contributed by atoms with Gasteiger partial charge in [-0.15, -0.1) is 10.2 Å². The Hall–Kier alpha value is -0.890. The van der Waals surface area contributed by atoms with Crippen LogP contribution < -0.4 is 10.2 Å². The summed E-state index contributed by atoms with van der Waals surface area (Å²) in [5, 5.41) is 9.98. The van der Waals surface area contributed by atoms with Crippen LogP contribution in [0, 0.1) is 5.92 Å². The zero-order valence-electron chi connectivity index (χ0n) is 11.0. The molecule has 0 aromatic carbocycles. The highest BCUT2D eigenvalue weighted by Gasteiger charge is 2.38. The Morgan fingerprint density at radius 1 is 1.25 bits per heavy atom. The quantitative estimate of drug-likeness (QED) is 0.928. The Bertz CT molecular complexity index is 452. The maximum atomic E-state index is 12.6. The third kappa shape index (κ3) is 3.22. The number of hydrogen-bond donors (Lipinski definition) is 1. The first kappa shape index (κ1) is 14.1. The van der Waals surface area contributed by atoms with E-state index in [4.69, 9.17) is 0 Å². The second-order valence-electron chi connectivity index (χ2n) is 5.48. The van der Waals surface area contributed by atoms with Crippen LogP contribution in [-0.4, -0.2) is 35.9 Å². The van der Waals surface area contributed by atoms with Crippen molar-refractivity contribution in [3.8, 4) is 0 Å². The normalized spacial score (nSPS) is 23.9. The van der Waals surface area contributed by atoms with E-state index in [1.165, 1.54) is 0 Å². The molecule has 2 aliphatic rings. The second-order valence-corrected chi connectivity index (χ2v) is 6.44. The lowest BCUT2D eigenvalue weighted by atomic mass is 9.99. The minimum absolute atomic E-state index is 0.353. The monoisotopic (exact) mass is 306 g/mol. The summed E-state index contributed by atoms with van der Waals surface area (Å²) < 4.78 is 37.9. The van der Waals surface area contributed by atoms with Crippen LogP contribution in [0.5, 0.6) is 0 Å². The molecule has 0 bridgehead atoms. The van der Waals surface area contributed by atoms with Crippen molar-refractivity contribution < 1.29 is 13.2 Å². The van der Waals surface area contributed by atoms with Gasteiger partial charge in [-0.05, 0) is 44.7 Å². The number of hydrogen-bond acceptors (Lipinski definition) is 5. The molecule has 20 heavy (non-hydrogen) atoms. The minimum atomic E-state index is -4.39. The molecule has 0 amide bonds. The summed E-state index contributed by atoms with van der Waals surface area (Å²) in [6, 6.07) is 0.353. The molecule has 2 heterocycles. The number of halogens is 3. The molecule has 1 unspecified atom stereocenters. The van der Waals surface area contributed by atoms with Crippen LogP contribution in [0.1, 0.15) is 30.7 Å². The maximum Gasteiger partial charge on any atom is 0.445 e. The van der Waals surface area contributed by atoms with Gasteiger partial charge in [0.2, 0.25) is 10.1 Å². The van der Waals surface area contributed by atoms with E-state index >= 15 is 0 Å². The number of piperidine rings is 1. The Labute approximate surface area is 119 Å². The Morgan fingerprint density at radius 2 is 2.05 bits per heavy atom. The summed E-state index contributed by atoms with van der Waals surface area (Å²) in [6.07, 6.45) is -0.0477. The molecule has 1 saturated heterocycles. The molecular formula is C12H17F3N4S. The second kappa shape index (κ2) is 5.48. The molecule has 1 aliphatic carbocycles. The Kier molecular flexibility index (Phi) is 3.85. The summed E-state index contributed by atoms with van der Waals surface area (Å²) in [5.41, 5.74) is 0. The predicted molar refractivity (Wildman–Crippen MR) is 70.9 cm³/mol. The van der Waals surface area contributed by atoms with E-state index in [2.05, 4.69) is 15.5 Å². The zero-order chi connectivity index (χ0) is 14.2. The number of aromatic nitrogens is 2. The summed E-state index contributed by atoms with van der Waals surface area (Å²) in [4.78, 5) is 2.03. The van der Waals surface area contributed by atoms with Crippen LogP contribution >= 0.6 is 11.3 Å². The van der Waals surface area contributed by atoms with Crippen LogP contribution in [0.25, 0.3) is 0 Å². The summed E-state index contributed by atoms with van der Waals surface area (Å²) in [6.45, 7) is 2.76. The predicted octanol–water partition coefficient (Wildman–Crippen LogP) is 2.53. The van der Waals surface area contributed by atoms with E-state index in [0.717, 1.165) is 45.3 Å². The summed E-state index contributed by atoms with van der Waals surface area (Å²) >= 11 is 0.663. The third-order valence-electron chi connectivity index (χ3n) is 3.74. The van der Waals surface area contributed by atoms with Crippen molar-refractivity contribution in [1.29, 1.82) is 0 Å². The van der Waals surface area contributed by atoms with Crippen LogP contribution in [-0.2, 0) is 6.18 Å². The molecule has 1 saturated carbocycles. The number of nitrogens with one attached hydrogen (secondary N) is 1. The van der Waals surface area contributed by atoms with Gasteiger partial charge in [0, 0.05) is 12.6 Å². The average molecular weight is 306 g/mol. The van der Waals surface area contributed by atoms with E-state index in [-0.39, 0.29) is 0 Å². The van der Waals surface area contributed by atoms with Gasteiger partial charge < -0.3 is 10.2 Å². The first-order valence-corrected chi connectivity index (χ1v) is 7.74. The van der Waals surface area contributed by atoms with Gasteiger partial charge in [-0.1, -0.05) is 11.3 Å². The van der Waals surface area contributed by atoms with E-state index < -0.39 is 11.2 Å². The van der Waals surface area contributed by atoms with E-state index in [1.54, 1.807) is 0 Å². The molecule has 0 radical (unpaired) electrons. The number of anilines is 1. The van der Waals surface area contributed by atoms with Crippen LogP contribution in [0.15, 0.2) is 0 Å². The highest BCUT2D eigenvalue weighted by Crippen LogP contribution is 2.38. The van der Waals surface area contributed by atoms with Gasteiger partial charge in [-0.25, -0.2) is 0 Å². The topological polar surface area (TPSA) is 41.1 Å². The molecule has 1 aromatic rings. The number of nitrogens with zero attached hydrogens (tertiary/aromatic N) is 3. The summed E-state index contributed by atoms with van der Waals surface area (Å²) in [7, 11) is 0. The molecule has 1 atom stereocenters. The maximum absolute atomic E-state index is 12.6. The zero-order valence-corrected chi connectivity index (χ0v) is 11.8. The van der Waals surface area contributed by atoms with Crippen LogP contribution in [0.4, 0.5) is 18.3 Å². The third-order valence-corrected chi connectivity index (χ3v) is 4.75. The molecule has 4 nitrogen and oxygen atoms in total. The van der Waals surface area contributed by atoms with E-state index in [0.29, 0.717) is 28.4 Å². The van der Waals surface area contributed by atoms with Gasteiger partial charge in [-0.3, -0.25) is 0 Å². The molecular weight excluding hydrogens is 289 g/mol. The molecule has 3 rings (SSSR count). The summed E-state index contributed by atoms with van der Waals surface area (Å²) in [5.74, 6) is 0.489. The molecule has 1 aromatic heterocycles. The van der Waals surface area contributed by atoms with Crippen LogP contribution in [0.2, 0.25) is 0 Å². The Morgan fingerprint density at radius 3 is 2.60 bits per heavy atom. The van der Waals surface area contributed by atoms with Crippen molar-refractivity contribution in [2.24, 2.45) is 5.92 Å². The SMILES string of the molecule is FC(F)(F)c1nnc(N(CC2CCCNC2)C2CC2)s1. The largest absolute Gasteiger partial charge is 0.445 e. The lowest BCUT2D eigenvalue weighted by Gasteiger charge is -2.29.